The van der Waals surface area contributed by atoms with Gasteiger partial charge in [0.05, 0.1) is 11.9 Å². The van der Waals surface area contributed by atoms with E-state index in [1.54, 1.807) is 7.11 Å². The van der Waals surface area contributed by atoms with Gasteiger partial charge in [-0.25, -0.2) is 4.98 Å². The number of methoxy groups -OCH3 is 1. The summed E-state index contributed by atoms with van der Waals surface area (Å²) in [6.07, 6.45) is 1.17. The lowest BCUT2D eigenvalue weighted by Gasteiger charge is -2.29. The van der Waals surface area contributed by atoms with Crippen LogP contribution in [0.2, 0.25) is 0 Å². The van der Waals surface area contributed by atoms with Gasteiger partial charge in [-0.1, -0.05) is 19.1 Å². The third-order valence-electron chi connectivity index (χ3n) is 2.84. The standard InChI is InChI=1S/C12H18N2OS3/c1-3-9-11(18-5-4-17-9)12-13-8(7-15-2)6-10(16)14-12/h6,9,11H,3-5,7H2,1-2H3,(H,13,14,16). The van der Waals surface area contributed by atoms with Gasteiger partial charge in [-0.3, -0.25) is 0 Å². The lowest BCUT2D eigenvalue weighted by molar-refractivity contribution is 0.181. The maximum atomic E-state index is 5.24. The number of aromatic nitrogens is 2. The Labute approximate surface area is 122 Å². The number of nitrogens with zero attached hydrogens (tertiary/aromatic N) is 1. The SMILES string of the molecule is CCC1SCCSC1c1nc(=S)cc(COC)[nH]1. The molecule has 1 aromatic heterocycles. The molecular formula is C12H18N2OS3. The molecule has 100 valence electrons. The first-order valence-electron chi connectivity index (χ1n) is 6.07. The maximum absolute atomic E-state index is 5.24. The number of thioether (sulfide) groups is 2. The maximum Gasteiger partial charge on any atom is 0.130 e. The van der Waals surface area contributed by atoms with Crippen LogP contribution in [0.1, 0.15) is 30.1 Å². The molecule has 2 unspecified atom stereocenters. The minimum Gasteiger partial charge on any atom is -0.378 e. The molecule has 0 saturated carbocycles. The molecule has 2 heterocycles. The lowest BCUT2D eigenvalue weighted by Crippen LogP contribution is -2.21. The summed E-state index contributed by atoms with van der Waals surface area (Å²) < 4.78 is 5.82. The van der Waals surface area contributed by atoms with Gasteiger partial charge < -0.3 is 9.72 Å². The van der Waals surface area contributed by atoms with E-state index < -0.39 is 0 Å². The fraction of sp³-hybridized carbons (Fsp3) is 0.667. The Kier molecular flexibility index (Phi) is 5.54. The number of hydrogen-bond donors (Lipinski definition) is 1. The van der Waals surface area contributed by atoms with E-state index in [1.807, 2.05) is 29.6 Å². The Morgan fingerprint density at radius 2 is 2.28 bits per heavy atom. The molecule has 1 aromatic rings. The molecule has 0 aliphatic carbocycles. The van der Waals surface area contributed by atoms with Crippen LogP contribution in [-0.2, 0) is 11.3 Å². The van der Waals surface area contributed by atoms with Crippen molar-refractivity contribution in [3.8, 4) is 0 Å². The Hall–Kier alpha value is -0.0400. The Bertz CT molecular complexity index is 449. The summed E-state index contributed by atoms with van der Waals surface area (Å²) in [6.45, 7) is 2.80. The van der Waals surface area contributed by atoms with E-state index in [0.717, 1.165) is 11.5 Å². The average molecular weight is 302 g/mol. The molecule has 2 atom stereocenters. The monoisotopic (exact) mass is 302 g/mol. The van der Waals surface area contributed by atoms with Crippen LogP contribution in [0, 0.1) is 4.64 Å². The minimum absolute atomic E-state index is 0.423. The van der Waals surface area contributed by atoms with Gasteiger partial charge in [-0.2, -0.15) is 11.8 Å². The average Bonchev–Trinajstić information content (AvgIpc) is 2.38. The minimum atomic E-state index is 0.423. The number of hydrogen-bond acceptors (Lipinski definition) is 5. The van der Waals surface area contributed by atoms with E-state index in [4.69, 9.17) is 17.0 Å². The van der Waals surface area contributed by atoms with Crippen molar-refractivity contribution >= 4 is 35.7 Å². The van der Waals surface area contributed by atoms with Gasteiger partial charge in [-0.05, 0) is 12.5 Å². The zero-order valence-corrected chi connectivity index (χ0v) is 13.1. The van der Waals surface area contributed by atoms with Crippen molar-refractivity contribution in [1.82, 2.24) is 9.97 Å². The lowest BCUT2D eigenvalue weighted by atomic mass is 10.2. The Morgan fingerprint density at radius 1 is 1.50 bits per heavy atom. The summed E-state index contributed by atoms with van der Waals surface area (Å²) in [5.41, 5.74) is 1.01. The zero-order valence-electron chi connectivity index (χ0n) is 10.6. The summed E-state index contributed by atoms with van der Waals surface area (Å²) in [6, 6.07) is 1.88. The molecule has 0 amide bonds. The van der Waals surface area contributed by atoms with Crippen molar-refractivity contribution in [3.05, 3.63) is 22.2 Å². The first-order valence-corrected chi connectivity index (χ1v) is 8.57. The van der Waals surface area contributed by atoms with Crippen LogP contribution in [-0.4, -0.2) is 33.8 Å². The van der Waals surface area contributed by atoms with Gasteiger partial charge in [0.15, 0.2) is 0 Å². The van der Waals surface area contributed by atoms with Crippen LogP contribution in [0.3, 0.4) is 0 Å². The second-order valence-corrected chi connectivity index (χ2v) is 7.19. The van der Waals surface area contributed by atoms with Crippen LogP contribution in [0.5, 0.6) is 0 Å². The smallest absolute Gasteiger partial charge is 0.130 e. The fourth-order valence-electron chi connectivity index (χ4n) is 2.05. The molecule has 0 bridgehead atoms. The van der Waals surface area contributed by atoms with Crippen molar-refractivity contribution in [2.75, 3.05) is 18.6 Å². The molecule has 1 aliphatic heterocycles. The highest BCUT2D eigenvalue weighted by Gasteiger charge is 2.28. The van der Waals surface area contributed by atoms with Crippen LogP contribution in [0.25, 0.3) is 0 Å². The summed E-state index contributed by atoms with van der Waals surface area (Å²) in [5, 5.41) is 1.05. The molecule has 2 rings (SSSR count). The Morgan fingerprint density at radius 3 is 3.00 bits per heavy atom. The first kappa shape index (κ1) is 14.4. The van der Waals surface area contributed by atoms with Crippen LogP contribution < -0.4 is 0 Å². The number of aromatic amines is 1. The molecule has 3 nitrogen and oxygen atoms in total. The Balaban J connectivity index is 2.27. The third kappa shape index (κ3) is 3.50. The van der Waals surface area contributed by atoms with E-state index in [9.17, 15) is 0 Å². The van der Waals surface area contributed by atoms with E-state index in [1.165, 1.54) is 17.9 Å². The van der Waals surface area contributed by atoms with E-state index >= 15 is 0 Å². The predicted octanol–water partition coefficient (Wildman–Crippen LogP) is 3.59. The molecule has 18 heavy (non-hydrogen) atoms. The largest absolute Gasteiger partial charge is 0.378 e. The van der Waals surface area contributed by atoms with Crippen molar-refractivity contribution < 1.29 is 4.74 Å². The van der Waals surface area contributed by atoms with Crippen molar-refractivity contribution in [3.63, 3.8) is 0 Å². The van der Waals surface area contributed by atoms with Crippen molar-refractivity contribution in [1.29, 1.82) is 0 Å². The molecule has 0 radical (unpaired) electrons. The van der Waals surface area contributed by atoms with Crippen LogP contribution in [0.15, 0.2) is 6.07 Å². The summed E-state index contributed by atoms with van der Waals surface area (Å²) in [7, 11) is 1.69. The number of H-pyrrole nitrogens is 1. The highest BCUT2D eigenvalue weighted by Crippen LogP contribution is 2.42. The normalized spacial score (nSPS) is 24.1. The highest BCUT2D eigenvalue weighted by atomic mass is 32.2. The zero-order chi connectivity index (χ0) is 13.0. The predicted molar refractivity (Wildman–Crippen MR) is 81.9 cm³/mol. The summed E-state index contributed by atoms with van der Waals surface area (Å²) >= 11 is 9.27. The summed E-state index contributed by atoms with van der Waals surface area (Å²) in [5.74, 6) is 3.43. The highest BCUT2D eigenvalue weighted by molar-refractivity contribution is 8.06. The van der Waals surface area contributed by atoms with Gasteiger partial charge >= 0.3 is 0 Å². The number of rotatable bonds is 4. The topological polar surface area (TPSA) is 37.9 Å². The molecule has 1 aliphatic rings. The van der Waals surface area contributed by atoms with E-state index in [-0.39, 0.29) is 0 Å². The van der Waals surface area contributed by atoms with Gasteiger partial charge in [0.1, 0.15) is 10.5 Å². The number of ether oxygens (including phenoxy) is 1. The fourth-order valence-corrected chi connectivity index (χ4v) is 5.31. The third-order valence-corrected chi connectivity index (χ3v) is 6.30. The summed E-state index contributed by atoms with van der Waals surface area (Å²) in [4.78, 5) is 7.89. The first-order chi connectivity index (χ1) is 8.74. The van der Waals surface area contributed by atoms with Gasteiger partial charge in [-0.15, -0.1) is 11.8 Å². The molecular weight excluding hydrogens is 284 g/mol. The van der Waals surface area contributed by atoms with Gasteiger partial charge in [0.25, 0.3) is 0 Å². The molecule has 0 aromatic carbocycles. The molecule has 1 fully saturated rings. The molecule has 6 heteroatoms. The second kappa shape index (κ2) is 6.93. The second-order valence-electron chi connectivity index (χ2n) is 4.17. The molecule has 1 saturated heterocycles. The van der Waals surface area contributed by atoms with E-state index in [0.29, 0.717) is 21.7 Å². The van der Waals surface area contributed by atoms with Gasteiger partial charge in [0.2, 0.25) is 0 Å². The van der Waals surface area contributed by atoms with Crippen molar-refractivity contribution in [2.24, 2.45) is 0 Å². The van der Waals surface area contributed by atoms with Crippen LogP contribution in [0.4, 0.5) is 0 Å². The molecule has 1 N–H and O–H groups in total. The van der Waals surface area contributed by atoms with Crippen molar-refractivity contribution in [2.45, 2.75) is 30.5 Å². The van der Waals surface area contributed by atoms with Crippen LogP contribution >= 0.6 is 35.7 Å². The molecule has 0 spiro atoms. The number of nitrogens with one attached hydrogen (secondary N) is 1. The van der Waals surface area contributed by atoms with Gasteiger partial charge in [0, 0.05) is 29.6 Å². The quantitative estimate of drug-likeness (QED) is 0.861. The van der Waals surface area contributed by atoms with E-state index in [2.05, 4.69) is 16.9 Å².